The van der Waals surface area contributed by atoms with Crippen LogP contribution in [0.5, 0.6) is 5.75 Å². The van der Waals surface area contributed by atoms with Crippen molar-refractivity contribution < 1.29 is 24.2 Å². The molecule has 0 saturated carbocycles. The number of hydrogen-bond donors (Lipinski definition) is 4. The summed E-state index contributed by atoms with van der Waals surface area (Å²) < 4.78 is 5.85. The van der Waals surface area contributed by atoms with E-state index >= 15 is 0 Å². The predicted molar refractivity (Wildman–Crippen MR) is 131 cm³/mol. The molecule has 4 unspecified atom stereocenters. The smallest absolute Gasteiger partial charge is 0.242 e. The Balaban J connectivity index is 2.16. The fourth-order valence-corrected chi connectivity index (χ4v) is 3.94. The van der Waals surface area contributed by atoms with Crippen LogP contribution < -0.4 is 20.7 Å². The largest absolute Gasteiger partial charge is 0.494 e. The summed E-state index contributed by atoms with van der Waals surface area (Å²) in [4.78, 5) is 37.4. The molecule has 2 rings (SSSR count). The van der Waals surface area contributed by atoms with Crippen LogP contribution in [0.15, 0.2) is 24.3 Å². The van der Waals surface area contributed by atoms with Gasteiger partial charge in [-0.1, -0.05) is 32.4 Å². The molecular weight excluding hydrogens is 434 g/mol. The van der Waals surface area contributed by atoms with E-state index in [2.05, 4.69) is 22.9 Å². The number of amides is 3. The number of benzene rings is 1. The lowest BCUT2D eigenvalue weighted by Crippen LogP contribution is -2.52. The van der Waals surface area contributed by atoms with E-state index in [1.165, 1.54) is 0 Å². The topological polar surface area (TPSA) is 117 Å². The summed E-state index contributed by atoms with van der Waals surface area (Å²) in [6.07, 6.45) is 4.31. The highest BCUT2D eigenvalue weighted by Crippen LogP contribution is 2.19. The molecule has 190 valence electrons. The number of hydrogen-bond acceptors (Lipinski definition) is 5. The van der Waals surface area contributed by atoms with Crippen LogP contribution in [0.4, 0.5) is 0 Å². The van der Waals surface area contributed by atoms with Crippen LogP contribution in [0.25, 0.3) is 0 Å². The average Bonchev–Trinajstić information content (AvgIpc) is 2.80. The lowest BCUT2D eigenvalue weighted by Gasteiger charge is -2.28. The molecule has 1 heterocycles. The Kier molecular flexibility index (Phi) is 11.9. The van der Waals surface area contributed by atoms with Gasteiger partial charge in [0.15, 0.2) is 0 Å². The SMILES string of the molecule is CCCCNC(=O)C(C)CC(O)C1Cc2cccc(c2)OCCCCCC(=O)NC(C)C(=O)N1. The molecule has 4 atom stereocenters. The lowest BCUT2D eigenvalue weighted by atomic mass is 9.93. The summed E-state index contributed by atoms with van der Waals surface area (Å²) in [5, 5.41) is 19.6. The van der Waals surface area contributed by atoms with E-state index in [0.717, 1.165) is 43.4 Å². The van der Waals surface area contributed by atoms with E-state index in [0.29, 0.717) is 26.0 Å². The zero-order valence-corrected chi connectivity index (χ0v) is 20.8. The Hall–Kier alpha value is -2.61. The van der Waals surface area contributed by atoms with Gasteiger partial charge >= 0.3 is 0 Å². The van der Waals surface area contributed by atoms with Gasteiger partial charge in [-0.25, -0.2) is 0 Å². The number of aliphatic hydroxyl groups excluding tert-OH is 1. The van der Waals surface area contributed by atoms with Crippen molar-refractivity contribution in [2.24, 2.45) is 5.92 Å². The van der Waals surface area contributed by atoms with E-state index in [4.69, 9.17) is 4.74 Å². The first-order valence-electron chi connectivity index (χ1n) is 12.6. The molecule has 4 N–H and O–H groups in total. The van der Waals surface area contributed by atoms with Crippen molar-refractivity contribution in [2.45, 2.75) is 90.3 Å². The summed E-state index contributed by atoms with van der Waals surface area (Å²) in [6, 6.07) is 6.28. The van der Waals surface area contributed by atoms with E-state index in [1.807, 2.05) is 24.3 Å². The van der Waals surface area contributed by atoms with E-state index in [1.54, 1.807) is 13.8 Å². The highest BCUT2D eigenvalue weighted by molar-refractivity contribution is 5.87. The van der Waals surface area contributed by atoms with Crippen molar-refractivity contribution in [2.75, 3.05) is 13.2 Å². The number of fused-ring (bicyclic) bond motifs is 2. The minimum Gasteiger partial charge on any atom is -0.494 e. The second-order valence-corrected chi connectivity index (χ2v) is 9.26. The molecule has 0 spiro atoms. The number of carbonyl (C=O) groups excluding carboxylic acids is 3. The second-order valence-electron chi connectivity index (χ2n) is 9.26. The van der Waals surface area contributed by atoms with Gasteiger partial charge in [0.25, 0.3) is 0 Å². The van der Waals surface area contributed by atoms with Crippen molar-refractivity contribution in [3.8, 4) is 5.75 Å². The lowest BCUT2D eigenvalue weighted by molar-refractivity contribution is -0.129. The van der Waals surface area contributed by atoms with Crippen molar-refractivity contribution in [3.63, 3.8) is 0 Å². The fraction of sp³-hybridized carbons (Fsp3) is 0.654. The number of nitrogens with one attached hydrogen (secondary N) is 3. The third kappa shape index (κ3) is 9.71. The van der Waals surface area contributed by atoms with Crippen LogP contribution in [0, 0.1) is 5.92 Å². The number of aliphatic hydroxyl groups is 1. The molecule has 8 nitrogen and oxygen atoms in total. The van der Waals surface area contributed by atoms with Gasteiger partial charge in [-0.05, 0) is 63.1 Å². The summed E-state index contributed by atoms with van der Waals surface area (Å²) in [5.74, 6) is -0.315. The third-order valence-corrected chi connectivity index (χ3v) is 6.11. The summed E-state index contributed by atoms with van der Waals surface area (Å²) in [5.41, 5.74) is 0.908. The zero-order valence-electron chi connectivity index (χ0n) is 20.8. The molecule has 1 aromatic carbocycles. The molecule has 0 radical (unpaired) electrons. The molecule has 2 bridgehead atoms. The molecule has 1 aromatic rings. The number of carbonyl (C=O) groups is 3. The number of ether oxygens (including phenoxy) is 1. The molecular formula is C26H41N3O5. The molecule has 8 heteroatoms. The van der Waals surface area contributed by atoms with Crippen molar-refractivity contribution in [3.05, 3.63) is 29.8 Å². The maximum atomic E-state index is 12.8. The first-order chi connectivity index (χ1) is 16.3. The van der Waals surface area contributed by atoms with Crippen molar-refractivity contribution >= 4 is 17.7 Å². The van der Waals surface area contributed by atoms with Gasteiger partial charge < -0.3 is 25.8 Å². The summed E-state index contributed by atoms with van der Waals surface area (Å²) >= 11 is 0. The zero-order chi connectivity index (χ0) is 24.9. The van der Waals surface area contributed by atoms with Gasteiger partial charge in [0.2, 0.25) is 17.7 Å². The van der Waals surface area contributed by atoms with E-state index < -0.39 is 24.1 Å². The molecule has 0 aromatic heterocycles. The Morgan fingerprint density at radius 1 is 1.24 bits per heavy atom. The van der Waals surface area contributed by atoms with Gasteiger partial charge in [0.1, 0.15) is 11.8 Å². The van der Waals surface area contributed by atoms with E-state index in [9.17, 15) is 19.5 Å². The minimum atomic E-state index is -0.942. The minimum absolute atomic E-state index is 0.108. The quantitative estimate of drug-likeness (QED) is 0.452. The van der Waals surface area contributed by atoms with Crippen LogP contribution in [0.2, 0.25) is 0 Å². The number of unbranched alkanes of at least 4 members (excludes halogenated alkanes) is 1. The normalized spacial score (nSPS) is 22.0. The number of rotatable bonds is 7. The Bertz CT molecular complexity index is 800. The van der Waals surface area contributed by atoms with Gasteiger partial charge in [0.05, 0.1) is 18.8 Å². The first kappa shape index (κ1) is 27.6. The molecule has 1 aliphatic rings. The van der Waals surface area contributed by atoms with Crippen LogP contribution >= 0.6 is 0 Å². The average molecular weight is 476 g/mol. The standard InChI is InChI=1S/C26H41N3O5/c1-4-5-13-27-25(32)18(2)15-23(30)22-17-20-10-9-11-21(16-20)34-14-8-6-7-12-24(31)28-19(3)26(33)29-22/h9-11,16,18-19,22-23,30H,4-8,12-15,17H2,1-3H3,(H,27,32)(H,28,31)(H,29,33). The Morgan fingerprint density at radius 2 is 2.03 bits per heavy atom. The van der Waals surface area contributed by atoms with Crippen LogP contribution in [0.1, 0.15) is 71.3 Å². The first-order valence-corrected chi connectivity index (χ1v) is 12.6. The van der Waals surface area contributed by atoms with Gasteiger partial charge in [-0.15, -0.1) is 0 Å². The Labute approximate surface area is 203 Å². The van der Waals surface area contributed by atoms with Crippen molar-refractivity contribution in [1.82, 2.24) is 16.0 Å². The molecule has 3 amide bonds. The molecule has 1 aliphatic heterocycles. The molecule has 0 aliphatic carbocycles. The maximum Gasteiger partial charge on any atom is 0.242 e. The highest BCUT2D eigenvalue weighted by Gasteiger charge is 2.28. The monoisotopic (exact) mass is 475 g/mol. The summed E-state index contributed by atoms with van der Waals surface area (Å²) in [7, 11) is 0. The second kappa shape index (κ2) is 14.6. The van der Waals surface area contributed by atoms with Crippen LogP contribution in [-0.2, 0) is 20.8 Å². The van der Waals surface area contributed by atoms with Gasteiger partial charge in [-0.2, -0.15) is 0 Å². The fourth-order valence-electron chi connectivity index (χ4n) is 3.94. The molecule has 34 heavy (non-hydrogen) atoms. The van der Waals surface area contributed by atoms with Gasteiger partial charge in [-0.3, -0.25) is 14.4 Å². The van der Waals surface area contributed by atoms with E-state index in [-0.39, 0.29) is 24.1 Å². The van der Waals surface area contributed by atoms with Crippen LogP contribution in [-0.4, -0.2) is 54.2 Å². The molecule has 0 saturated heterocycles. The van der Waals surface area contributed by atoms with Crippen LogP contribution in [0.3, 0.4) is 0 Å². The predicted octanol–water partition coefficient (Wildman–Crippen LogP) is 2.47. The Morgan fingerprint density at radius 3 is 2.79 bits per heavy atom. The maximum absolute atomic E-state index is 12.8. The highest BCUT2D eigenvalue weighted by atomic mass is 16.5. The summed E-state index contributed by atoms with van der Waals surface area (Å²) in [6.45, 7) is 6.65. The molecule has 0 fully saturated rings. The van der Waals surface area contributed by atoms with Gasteiger partial charge in [0, 0.05) is 18.9 Å². The third-order valence-electron chi connectivity index (χ3n) is 6.11. The van der Waals surface area contributed by atoms with Crippen molar-refractivity contribution in [1.29, 1.82) is 0 Å².